The number of carbonyl (C=O) groups excluding carboxylic acids is 3. The standard InChI is InChI=1S/C20H25N9O3/c21-11-1-3-13(4-2-11)24-19(31)27-15-8-16(23-12-5-6-12)29-17(26-15)10(9-22-29)7-14-18(30)28-20(32)25-14/h7-9,11-13,23H,1-6,21H2,(H2,24,26,27,31)(H2,25,28,30,32)/b14-7-/t11-,13-. The lowest BCUT2D eigenvalue weighted by molar-refractivity contribution is -0.115. The topological polar surface area (TPSA) is 168 Å². The zero-order chi connectivity index (χ0) is 22.2. The number of hydrogen-bond donors (Lipinski definition) is 6. The number of nitrogens with one attached hydrogen (secondary N) is 5. The van der Waals surface area contributed by atoms with Crippen LogP contribution in [0.1, 0.15) is 44.1 Å². The predicted octanol–water partition coefficient (Wildman–Crippen LogP) is 0.875. The Hall–Kier alpha value is -3.67. The Labute approximate surface area is 183 Å². The average molecular weight is 439 g/mol. The van der Waals surface area contributed by atoms with Crippen LogP contribution < -0.4 is 32.3 Å². The number of carbonyl (C=O) groups is 3. The third-order valence-electron chi connectivity index (χ3n) is 5.80. The molecule has 12 nitrogen and oxygen atoms in total. The number of amides is 5. The van der Waals surface area contributed by atoms with Crippen LogP contribution in [0.3, 0.4) is 0 Å². The lowest BCUT2D eigenvalue weighted by atomic mass is 9.92. The fourth-order valence-corrected chi connectivity index (χ4v) is 3.92. The summed E-state index contributed by atoms with van der Waals surface area (Å²) in [4.78, 5) is 40.4. The second-order valence-electron chi connectivity index (χ2n) is 8.46. The molecule has 3 fully saturated rings. The van der Waals surface area contributed by atoms with Gasteiger partial charge in [-0.15, -0.1) is 0 Å². The van der Waals surface area contributed by atoms with Gasteiger partial charge in [0.25, 0.3) is 5.91 Å². The predicted molar refractivity (Wildman–Crippen MR) is 117 cm³/mol. The summed E-state index contributed by atoms with van der Waals surface area (Å²) in [7, 11) is 0. The van der Waals surface area contributed by atoms with E-state index in [2.05, 4.69) is 36.7 Å². The van der Waals surface area contributed by atoms with E-state index < -0.39 is 11.9 Å². The van der Waals surface area contributed by atoms with Crippen LogP contribution >= 0.6 is 0 Å². The summed E-state index contributed by atoms with van der Waals surface area (Å²) in [6.45, 7) is 0. The van der Waals surface area contributed by atoms with E-state index in [4.69, 9.17) is 5.73 Å². The van der Waals surface area contributed by atoms with Crippen LogP contribution in [0.25, 0.3) is 11.7 Å². The van der Waals surface area contributed by atoms with E-state index in [-0.39, 0.29) is 23.8 Å². The maximum Gasteiger partial charge on any atom is 0.326 e. The van der Waals surface area contributed by atoms with E-state index in [1.807, 2.05) is 0 Å². The summed E-state index contributed by atoms with van der Waals surface area (Å²) in [6.07, 6.45) is 8.66. The molecule has 3 aliphatic rings. The number of aromatic nitrogens is 3. The molecule has 0 atom stereocenters. The molecule has 0 spiro atoms. The summed E-state index contributed by atoms with van der Waals surface area (Å²) < 4.78 is 1.62. The summed E-state index contributed by atoms with van der Waals surface area (Å²) in [5, 5.41) is 18.2. The Morgan fingerprint density at radius 1 is 1.12 bits per heavy atom. The van der Waals surface area contributed by atoms with Crippen LogP contribution in [0.2, 0.25) is 0 Å². The van der Waals surface area contributed by atoms with Gasteiger partial charge in [0, 0.05) is 29.8 Å². The van der Waals surface area contributed by atoms with Gasteiger partial charge in [-0.2, -0.15) is 9.61 Å². The van der Waals surface area contributed by atoms with Crippen molar-refractivity contribution in [2.24, 2.45) is 5.73 Å². The number of anilines is 2. The van der Waals surface area contributed by atoms with Gasteiger partial charge in [0.15, 0.2) is 5.65 Å². The highest BCUT2D eigenvalue weighted by atomic mass is 16.2. The SMILES string of the molecule is N[C@H]1CC[C@H](NC(=O)Nc2cc(NC3CC3)n3ncc(/C=C4\NC(=O)NC4=O)c3n2)CC1. The van der Waals surface area contributed by atoms with E-state index in [0.29, 0.717) is 28.9 Å². The fraction of sp³-hybridized carbons (Fsp3) is 0.450. The van der Waals surface area contributed by atoms with Gasteiger partial charge >= 0.3 is 12.1 Å². The van der Waals surface area contributed by atoms with E-state index in [0.717, 1.165) is 38.5 Å². The van der Waals surface area contributed by atoms with Crippen LogP contribution in [0.15, 0.2) is 18.0 Å². The van der Waals surface area contributed by atoms with E-state index in [1.54, 1.807) is 16.8 Å². The molecule has 2 aromatic rings. The smallest absolute Gasteiger partial charge is 0.326 e. The highest BCUT2D eigenvalue weighted by molar-refractivity contribution is 6.14. The van der Waals surface area contributed by atoms with Gasteiger partial charge in [0.1, 0.15) is 17.3 Å². The molecule has 5 amide bonds. The molecule has 12 heteroatoms. The van der Waals surface area contributed by atoms with Crippen molar-refractivity contribution < 1.29 is 14.4 Å². The molecule has 0 bridgehead atoms. The first-order valence-corrected chi connectivity index (χ1v) is 10.8. The number of nitrogens with zero attached hydrogens (tertiary/aromatic N) is 3. The number of imide groups is 1. The number of nitrogens with two attached hydrogens (primary N) is 1. The third-order valence-corrected chi connectivity index (χ3v) is 5.80. The van der Waals surface area contributed by atoms with Crippen LogP contribution in [0.5, 0.6) is 0 Å². The van der Waals surface area contributed by atoms with Crippen LogP contribution in [0.4, 0.5) is 21.2 Å². The van der Waals surface area contributed by atoms with Crippen molar-refractivity contribution in [1.29, 1.82) is 0 Å². The molecule has 7 N–H and O–H groups in total. The monoisotopic (exact) mass is 439 g/mol. The molecule has 2 saturated carbocycles. The molecule has 2 aliphatic carbocycles. The summed E-state index contributed by atoms with van der Waals surface area (Å²) in [5.74, 6) is 0.512. The summed E-state index contributed by atoms with van der Waals surface area (Å²) in [5.41, 5.74) is 7.01. The molecular weight excluding hydrogens is 414 g/mol. The molecule has 0 unspecified atom stereocenters. The van der Waals surface area contributed by atoms with E-state index in [1.165, 1.54) is 6.08 Å². The summed E-state index contributed by atoms with van der Waals surface area (Å²) in [6, 6.07) is 1.46. The largest absolute Gasteiger partial charge is 0.367 e. The Balaban J connectivity index is 1.40. The second kappa shape index (κ2) is 8.11. The maximum atomic E-state index is 12.6. The first-order chi connectivity index (χ1) is 15.4. The molecule has 0 radical (unpaired) electrons. The number of urea groups is 2. The van der Waals surface area contributed by atoms with Gasteiger partial charge in [-0.3, -0.25) is 15.4 Å². The highest BCUT2D eigenvalue weighted by Crippen LogP contribution is 2.27. The van der Waals surface area contributed by atoms with Gasteiger partial charge < -0.3 is 21.7 Å². The lowest BCUT2D eigenvalue weighted by Crippen LogP contribution is -2.42. The van der Waals surface area contributed by atoms with Crippen LogP contribution in [-0.4, -0.2) is 50.7 Å². The van der Waals surface area contributed by atoms with Gasteiger partial charge in [-0.05, 0) is 44.6 Å². The van der Waals surface area contributed by atoms with Gasteiger partial charge in [0.05, 0.1) is 6.20 Å². The molecule has 5 rings (SSSR count). The molecule has 1 aliphatic heterocycles. The first kappa shape index (κ1) is 20.2. The molecule has 32 heavy (non-hydrogen) atoms. The van der Waals surface area contributed by atoms with Crippen molar-refractivity contribution in [3.8, 4) is 0 Å². The van der Waals surface area contributed by atoms with Crippen molar-refractivity contribution in [3.05, 3.63) is 23.5 Å². The average Bonchev–Trinajstić information content (AvgIpc) is 3.38. The van der Waals surface area contributed by atoms with Crippen molar-refractivity contribution in [2.45, 2.75) is 56.7 Å². The van der Waals surface area contributed by atoms with Gasteiger partial charge in [0.2, 0.25) is 0 Å². The summed E-state index contributed by atoms with van der Waals surface area (Å²) >= 11 is 0. The normalized spacial score (nSPS) is 24.3. The number of hydrogen-bond acceptors (Lipinski definition) is 7. The van der Waals surface area contributed by atoms with Crippen molar-refractivity contribution >= 4 is 41.3 Å². The lowest BCUT2D eigenvalue weighted by Gasteiger charge is -2.26. The van der Waals surface area contributed by atoms with Crippen LogP contribution in [0, 0.1) is 0 Å². The van der Waals surface area contributed by atoms with Gasteiger partial charge in [-0.25, -0.2) is 14.6 Å². The highest BCUT2D eigenvalue weighted by Gasteiger charge is 2.26. The Bertz CT molecular complexity index is 1110. The Morgan fingerprint density at radius 2 is 1.88 bits per heavy atom. The second-order valence-corrected chi connectivity index (χ2v) is 8.46. The molecule has 168 valence electrons. The minimum Gasteiger partial charge on any atom is -0.367 e. The number of rotatable bonds is 5. The molecule has 0 aromatic carbocycles. The van der Waals surface area contributed by atoms with Crippen LogP contribution in [-0.2, 0) is 4.79 Å². The third kappa shape index (κ3) is 4.35. The zero-order valence-electron chi connectivity index (χ0n) is 17.4. The van der Waals surface area contributed by atoms with E-state index >= 15 is 0 Å². The maximum absolute atomic E-state index is 12.6. The quantitative estimate of drug-likeness (QED) is 0.297. The van der Waals surface area contributed by atoms with Crippen molar-refractivity contribution in [2.75, 3.05) is 10.6 Å². The first-order valence-electron chi connectivity index (χ1n) is 10.8. The fourth-order valence-electron chi connectivity index (χ4n) is 3.92. The van der Waals surface area contributed by atoms with Crippen molar-refractivity contribution in [1.82, 2.24) is 30.5 Å². The zero-order valence-corrected chi connectivity index (χ0v) is 17.4. The Kier molecular flexibility index (Phi) is 5.13. The molecule has 3 heterocycles. The molecular formula is C20H25N9O3. The number of fused-ring (bicyclic) bond motifs is 1. The molecule has 2 aromatic heterocycles. The minimum atomic E-state index is -0.579. The minimum absolute atomic E-state index is 0.0855. The Morgan fingerprint density at radius 3 is 2.56 bits per heavy atom. The van der Waals surface area contributed by atoms with Crippen molar-refractivity contribution in [3.63, 3.8) is 0 Å². The van der Waals surface area contributed by atoms with Gasteiger partial charge in [-0.1, -0.05) is 0 Å². The molecule has 1 saturated heterocycles. The van der Waals surface area contributed by atoms with E-state index in [9.17, 15) is 14.4 Å².